The van der Waals surface area contributed by atoms with Crippen molar-refractivity contribution in [2.45, 2.75) is 6.42 Å². The first-order chi connectivity index (χ1) is 3.68. The van der Waals surface area contributed by atoms with Crippen LogP contribution >= 0.6 is 0 Å². The summed E-state index contributed by atoms with van der Waals surface area (Å²) < 4.78 is 0. The molecule has 9 heavy (non-hydrogen) atoms. The first-order valence-electron chi connectivity index (χ1n) is 2.27. The smallest absolute Gasteiger partial charge is 0.244 e. The zero-order valence-electron chi connectivity index (χ0n) is 5.26. The van der Waals surface area contributed by atoms with Gasteiger partial charge in [-0.15, -0.1) is 0 Å². The fraction of sp³-hybridized carbons (Fsp3) is 0.400. The predicted molar refractivity (Wildman–Crippen MR) is 35.1 cm³/mol. The van der Waals surface area contributed by atoms with Crippen LogP contribution in [0.1, 0.15) is 6.42 Å². The molecule has 4 nitrogen and oxygen atoms in total. The Hall–Kier alpha value is -0.870. The van der Waals surface area contributed by atoms with Crippen molar-refractivity contribution in [1.82, 2.24) is 6.15 Å². The van der Waals surface area contributed by atoms with Crippen LogP contribution in [0.3, 0.4) is 0 Å². The molecule has 0 aromatic rings. The number of carbonyl (C=O) groups excluding carboxylic acids is 1. The number of aliphatic hydroxyl groups is 1. The van der Waals surface area contributed by atoms with Crippen molar-refractivity contribution in [3.8, 4) is 0 Å². The molecule has 0 atom stereocenters. The van der Waals surface area contributed by atoms with E-state index in [4.69, 9.17) is 10.8 Å². The molecule has 0 rings (SSSR count). The van der Waals surface area contributed by atoms with Crippen LogP contribution in [0.15, 0.2) is 12.2 Å². The molecule has 6 N–H and O–H groups in total. The SMILES string of the molecule is C=C(CCO)C(N)=O.N. The minimum absolute atomic E-state index is 0. The van der Waals surface area contributed by atoms with E-state index in [-0.39, 0.29) is 24.8 Å². The third-order valence-electron chi connectivity index (χ3n) is 0.762. The zero-order valence-corrected chi connectivity index (χ0v) is 5.26. The largest absolute Gasteiger partial charge is 0.396 e. The number of rotatable bonds is 3. The molecule has 0 aliphatic heterocycles. The van der Waals surface area contributed by atoms with E-state index in [0.717, 1.165) is 0 Å². The van der Waals surface area contributed by atoms with Crippen molar-refractivity contribution in [3.63, 3.8) is 0 Å². The monoisotopic (exact) mass is 132 g/mol. The van der Waals surface area contributed by atoms with Crippen LogP contribution in [-0.4, -0.2) is 17.6 Å². The molecule has 0 spiro atoms. The van der Waals surface area contributed by atoms with E-state index in [9.17, 15) is 4.79 Å². The summed E-state index contributed by atoms with van der Waals surface area (Å²) in [5, 5.41) is 8.22. The molecule has 54 valence electrons. The summed E-state index contributed by atoms with van der Waals surface area (Å²) in [6.45, 7) is 3.24. The minimum atomic E-state index is -0.543. The molecule has 0 saturated carbocycles. The van der Waals surface area contributed by atoms with Crippen molar-refractivity contribution >= 4 is 5.91 Å². The second kappa shape index (κ2) is 5.27. The maximum atomic E-state index is 10.1. The summed E-state index contributed by atoms with van der Waals surface area (Å²) in [5.41, 5.74) is 5.04. The van der Waals surface area contributed by atoms with Gasteiger partial charge in [-0.1, -0.05) is 6.58 Å². The number of aliphatic hydroxyl groups excluding tert-OH is 1. The van der Waals surface area contributed by atoms with E-state index in [1.165, 1.54) is 0 Å². The van der Waals surface area contributed by atoms with Crippen molar-refractivity contribution < 1.29 is 9.90 Å². The Bertz CT molecular complexity index is 112. The van der Waals surface area contributed by atoms with Gasteiger partial charge in [-0.3, -0.25) is 4.79 Å². The first-order valence-corrected chi connectivity index (χ1v) is 2.27. The van der Waals surface area contributed by atoms with Gasteiger partial charge in [0.15, 0.2) is 0 Å². The van der Waals surface area contributed by atoms with Crippen LogP contribution in [0.4, 0.5) is 0 Å². The number of nitrogens with two attached hydrogens (primary N) is 1. The lowest BCUT2D eigenvalue weighted by Crippen LogP contribution is -2.13. The van der Waals surface area contributed by atoms with Gasteiger partial charge in [0.05, 0.1) is 0 Å². The molecule has 0 aromatic heterocycles. The van der Waals surface area contributed by atoms with Gasteiger partial charge in [-0.05, 0) is 0 Å². The lowest BCUT2D eigenvalue weighted by Gasteiger charge is -1.93. The topological polar surface area (TPSA) is 98.3 Å². The molecule has 0 unspecified atom stereocenters. The second-order valence-corrected chi connectivity index (χ2v) is 1.44. The van der Waals surface area contributed by atoms with E-state index in [1.54, 1.807) is 0 Å². The van der Waals surface area contributed by atoms with Crippen molar-refractivity contribution in [1.29, 1.82) is 0 Å². The Balaban J connectivity index is 0. The van der Waals surface area contributed by atoms with Gasteiger partial charge in [0.25, 0.3) is 0 Å². The van der Waals surface area contributed by atoms with Gasteiger partial charge in [0.1, 0.15) is 0 Å². The third-order valence-corrected chi connectivity index (χ3v) is 0.762. The quantitative estimate of drug-likeness (QED) is 0.454. The van der Waals surface area contributed by atoms with Gasteiger partial charge >= 0.3 is 0 Å². The Morgan fingerprint density at radius 1 is 1.67 bits per heavy atom. The van der Waals surface area contributed by atoms with Crippen LogP contribution < -0.4 is 11.9 Å². The highest BCUT2D eigenvalue weighted by Crippen LogP contribution is 1.92. The van der Waals surface area contributed by atoms with Gasteiger partial charge in [0.2, 0.25) is 5.91 Å². The zero-order chi connectivity index (χ0) is 6.57. The second-order valence-electron chi connectivity index (χ2n) is 1.44. The van der Waals surface area contributed by atoms with Crippen molar-refractivity contribution in [2.24, 2.45) is 5.73 Å². The molecule has 1 amide bonds. The van der Waals surface area contributed by atoms with E-state index < -0.39 is 5.91 Å². The summed E-state index contributed by atoms with van der Waals surface area (Å²) in [4.78, 5) is 10.1. The number of hydrogen-bond acceptors (Lipinski definition) is 3. The van der Waals surface area contributed by atoms with Crippen molar-refractivity contribution in [2.75, 3.05) is 6.61 Å². The van der Waals surface area contributed by atoms with Gasteiger partial charge < -0.3 is 17.0 Å². The summed E-state index contributed by atoms with van der Waals surface area (Å²) in [7, 11) is 0. The summed E-state index contributed by atoms with van der Waals surface area (Å²) in [5.74, 6) is -0.543. The van der Waals surface area contributed by atoms with E-state index in [0.29, 0.717) is 0 Å². The molecule has 0 fully saturated rings. The Kier molecular flexibility index (Phi) is 6.44. The average molecular weight is 132 g/mol. The Morgan fingerprint density at radius 2 is 2.11 bits per heavy atom. The van der Waals surface area contributed by atoms with E-state index >= 15 is 0 Å². The minimum Gasteiger partial charge on any atom is -0.396 e. The highest BCUT2D eigenvalue weighted by molar-refractivity contribution is 5.91. The summed E-state index contributed by atoms with van der Waals surface area (Å²) in [6.07, 6.45) is 0.273. The normalized spacial score (nSPS) is 7.67. The van der Waals surface area contributed by atoms with Crippen LogP contribution in [-0.2, 0) is 4.79 Å². The number of amides is 1. The lowest BCUT2D eigenvalue weighted by molar-refractivity contribution is -0.114. The predicted octanol–water partition coefficient (Wildman–Crippen LogP) is -0.428. The molecule has 0 aliphatic rings. The number of hydrogen-bond donors (Lipinski definition) is 3. The lowest BCUT2D eigenvalue weighted by atomic mass is 10.2. The number of primary amides is 1. The maximum absolute atomic E-state index is 10.1. The fourth-order valence-corrected chi connectivity index (χ4v) is 0.258. The molecule has 0 saturated heterocycles. The standard InChI is InChI=1S/C5H9NO2.H3N/c1-4(2-3-7)5(6)8;/h7H,1-3H2,(H2,6,8);1H3. The molecule has 0 bridgehead atoms. The average Bonchev–Trinajstić information content (AvgIpc) is 1.67. The Labute approximate surface area is 53.9 Å². The number of carbonyl (C=O) groups is 1. The van der Waals surface area contributed by atoms with Crippen LogP contribution in [0.2, 0.25) is 0 Å². The third kappa shape index (κ3) is 4.99. The first kappa shape index (κ1) is 11.0. The highest BCUT2D eigenvalue weighted by atomic mass is 16.3. The van der Waals surface area contributed by atoms with Gasteiger partial charge in [-0.25, -0.2) is 0 Å². The molecule has 0 radical (unpaired) electrons. The van der Waals surface area contributed by atoms with Crippen LogP contribution in [0, 0.1) is 0 Å². The van der Waals surface area contributed by atoms with E-state index in [2.05, 4.69) is 6.58 Å². The van der Waals surface area contributed by atoms with E-state index in [1.807, 2.05) is 0 Å². The van der Waals surface area contributed by atoms with Gasteiger partial charge in [-0.2, -0.15) is 0 Å². The molecular formula is C5H12N2O2. The van der Waals surface area contributed by atoms with Gasteiger partial charge in [0, 0.05) is 18.6 Å². The molecule has 0 heterocycles. The molecular weight excluding hydrogens is 120 g/mol. The summed E-state index contributed by atoms with van der Waals surface area (Å²) >= 11 is 0. The highest BCUT2D eigenvalue weighted by Gasteiger charge is 1.97. The summed E-state index contributed by atoms with van der Waals surface area (Å²) in [6, 6.07) is 0. The molecule has 0 aliphatic carbocycles. The van der Waals surface area contributed by atoms with Crippen molar-refractivity contribution in [3.05, 3.63) is 12.2 Å². The van der Waals surface area contributed by atoms with Crippen LogP contribution in [0.5, 0.6) is 0 Å². The maximum Gasteiger partial charge on any atom is 0.244 e. The van der Waals surface area contributed by atoms with Crippen LogP contribution in [0.25, 0.3) is 0 Å². The molecule has 4 heteroatoms. The fourth-order valence-electron chi connectivity index (χ4n) is 0.258. The Morgan fingerprint density at radius 3 is 2.22 bits per heavy atom. The molecule has 0 aromatic carbocycles.